The Morgan fingerprint density at radius 3 is 2.41 bits per heavy atom. The number of likely N-dealkylation sites (N-methyl/N-ethyl adjacent to an activating group) is 1. The van der Waals surface area contributed by atoms with Gasteiger partial charge in [0.05, 0.1) is 18.5 Å². The molecule has 0 aliphatic rings. The molecule has 0 radical (unpaired) electrons. The van der Waals surface area contributed by atoms with Gasteiger partial charge in [0.2, 0.25) is 0 Å². The van der Waals surface area contributed by atoms with E-state index in [1.54, 1.807) is 32.4 Å². The van der Waals surface area contributed by atoms with E-state index in [1.807, 2.05) is 12.1 Å². The van der Waals surface area contributed by atoms with Crippen LogP contribution in [0.1, 0.15) is 11.1 Å². The summed E-state index contributed by atoms with van der Waals surface area (Å²) in [6.45, 7) is -0.0728. The number of hydrogen-bond donors (Lipinski definition) is 0. The number of esters is 1. The van der Waals surface area contributed by atoms with Crippen molar-refractivity contribution < 1.29 is 24.0 Å². The van der Waals surface area contributed by atoms with E-state index < -0.39 is 17.5 Å². The lowest BCUT2D eigenvalue weighted by Gasteiger charge is -2.17. The molecule has 0 aliphatic carbocycles. The molecule has 0 heterocycles. The molecule has 0 atom stereocenters. The molecule has 0 saturated carbocycles. The van der Waals surface area contributed by atoms with Crippen LogP contribution in [0.25, 0.3) is 0 Å². The Bertz CT molecular complexity index is 819. The number of hydrogen-bond acceptors (Lipinski definition) is 6. The van der Waals surface area contributed by atoms with Gasteiger partial charge < -0.3 is 14.4 Å². The summed E-state index contributed by atoms with van der Waals surface area (Å²) >= 11 is 0. The van der Waals surface area contributed by atoms with Gasteiger partial charge in [0, 0.05) is 25.2 Å². The Kier molecular flexibility index (Phi) is 6.87. The number of nitrogens with zero attached hydrogens (tertiary/aromatic N) is 2. The molecule has 0 bridgehead atoms. The molecule has 27 heavy (non-hydrogen) atoms. The molecule has 8 heteroatoms. The Hall–Kier alpha value is -3.42. The highest BCUT2D eigenvalue weighted by Gasteiger charge is 2.18. The van der Waals surface area contributed by atoms with E-state index in [1.165, 1.54) is 23.1 Å². The van der Waals surface area contributed by atoms with Crippen molar-refractivity contribution in [2.24, 2.45) is 0 Å². The molecule has 8 nitrogen and oxygen atoms in total. The normalized spacial score (nSPS) is 10.1. The van der Waals surface area contributed by atoms with E-state index in [4.69, 9.17) is 9.47 Å². The summed E-state index contributed by atoms with van der Waals surface area (Å²) in [5, 5.41) is 11.0. The average molecular weight is 372 g/mol. The lowest BCUT2D eigenvalue weighted by molar-refractivity contribution is -0.385. The maximum absolute atomic E-state index is 12.1. The largest absolute Gasteiger partial charge is 0.497 e. The maximum Gasteiger partial charge on any atom is 0.311 e. The van der Waals surface area contributed by atoms with Crippen LogP contribution in [0.2, 0.25) is 0 Å². The third-order valence-corrected chi connectivity index (χ3v) is 3.88. The predicted molar refractivity (Wildman–Crippen MR) is 97.2 cm³/mol. The summed E-state index contributed by atoms with van der Waals surface area (Å²) in [5.74, 6) is -0.353. The van der Waals surface area contributed by atoms with E-state index in [0.29, 0.717) is 6.54 Å². The molecule has 0 aromatic heterocycles. The zero-order valence-electron chi connectivity index (χ0n) is 15.1. The monoisotopic (exact) mass is 372 g/mol. The van der Waals surface area contributed by atoms with Crippen molar-refractivity contribution in [3.05, 3.63) is 69.8 Å². The molecule has 2 aromatic rings. The van der Waals surface area contributed by atoms with Crippen LogP contribution in [-0.2, 0) is 27.3 Å². The number of benzene rings is 2. The number of para-hydroxylation sites is 1. The van der Waals surface area contributed by atoms with Crippen molar-refractivity contribution in [2.75, 3.05) is 20.8 Å². The molecule has 0 unspecified atom stereocenters. The molecule has 0 N–H and O–H groups in total. The molecule has 2 rings (SSSR count). The zero-order valence-corrected chi connectivity index (χ0v) is 15.1. The topological polar surface area (TPSA) is 99.0 Å². The predicted octanol–water partition coefficient (Wildman–Crippen LogP) is 2.35. The highest BCUT2D eigenvalue weighted by atomic mass is 16.6. The number of carbonyl (C=O) groups is 2. The van der Waals surface area contributed by atoms with Gasteiger partial charge in [-0.1, -0.05) is 30.3 Å². The summed E-state index contributed by atoms with van der Waals surface area (Å²) in [4.78, 5) is 35.9. The minimum atomic E-state index is -0.699. The van der Waals surface area contributed by atoms with E-state index in [9.17, 15) is 19.7 Å². The van der Waals surface area contributed by atoms with Gasteiger partial charge >= 0.3 is 5.97 Å². The highest BCUT2D eigenvalue weighted by Crippen LogP contribution is 2.18. The fourth-order valence-electron chi connectivity index (χ4n) is 2.39. The number of amides is 1. The van der Waals surface area contributed by atoms with Crippen LogP contribution in [-0.4, -0.2) is 42.5 Å². The van der Waals surface area contributed by atoms with Crippen molar-refractivity contribution in [1.82, 2.24) is 4.90 Å². The molecular weight excluding hydrogens is 352 g/mol. The standard InChI is InChI=1S/C19H20N2O6/c1-20(12-14-7-9-16(26-2)10-8-14)18(22)13-27-19(23)11-15-5-3-4-6-17(15)21(24)25/h3-10H,11-13H2,1-2H3. The van der Waals surface area contributed by atoms with E-state index in [-0.39, 0.29) is 23.6 Å². The maximum atomic E-state index is 12.1. The van der Waals surface area contributed by atoms with Gasteiger partial charge in [-0.05, 0) is 17.7 Å². The van der Waals surface area contributed by atoms with Crippen LogP contribution in [0, 0.1) is 10.1 Å². The van der Waals surface area contributed by atoms with Crippen LogP contribution < -0.4 is 4.74 Å². The average Bonchev–Trinajstić information content (AvgIpc) is 2.66. The highest BCUT2D eigenvalue weighted by molar-refractivity contribution is 5.81. The van der Waals surface area contributed by atoms with Crippen LogP contribution in [0.15, 0.2) is 48.5 Å². The first-order chi connectivity index (χ1) is 12.9. The van der Waals surface area contributed by atoms with Crippen molar-refractivity contribution >= 4 is 17.6 Å². The minimum absolute atomic E-state index is 0.155. The summed E-state index contributed by atoms with van der Waals surface area (Å²) in [5.41, 5.74) is 0.988. The third-order valence-electron chi connectivity index (χ3n) is 3.88. The second-order valence-electron chi connectivity index (χ2n) is 5.82. The van der Waals surface area contributed by atoms with Crippen molar-refractivity contribution in [3.63, 3.8) is 0 Å². The third kappa shape index (κ3) is 5.81. The van der Waals surface area contributed by atoms with Crippen LogP contribution in [0.3, 0.4) is 0 Å². The molecule has 2 aromatic carbocycles. The Morgan fingerprint density at radius 1 is 1.11 bits per heavy atom. The molecule has 142 valence electrons. The molecule has 1 amide bonds. The zero-order chi connectivity index (χ0) is 19.8. The van der Waals surface area contributed by atoms with E-state index >= 15 is 0 Å². The summed E-state index contributed by atoms with van der Waals surface area (Å²) in [6, 6.07) is 13.2. The van der Waals surface area contributed by atoms with Crippen molar-refractivity contribution in [3.8, 4) is 5.75 Å². The molecule has 0 aliphatic heterocycles. The van der Waals surface area contributed by atoms with E-state index in [2.05, 4.69) is 0 Å². The Labute approximate surface area is 156 Å². The summed E-state index contributed by atoms with van der Waals surface area (Å²) < 4.78 is 10.0. The van der Waals surface area contributed by atoms with Gasteiger partial charge in [-0.15, -0.1) is 0 Å². The SMILES string of the molecule is COc1ccc(CN(C)C(=O)COC(=O)Cc2ccccc2[N+](=O)[O-])cc1. The first-order valence-corrected chi connectivity index (χ1v) is 8.15. The Balaban J connectivity index is 1.85. The molecular formula is C19H20N2O6. The number of rotatable bonds is 8. The number of ether oxygens (including phenoxy) is 2. The second kappa shape index (κ2) is 9.33. The lowest BCUT2D eigenvalue weighted by atomic mass is 10.1. The van der Waals surface area contributed by atoms with Crippen LogP contribution in [0.4, 0.5) is 5.69 Å². The van der Waals surface area contributed by atoms with Gasteiger partial charge in [-0.2, -0.15) is 0 Å². The van der Waals surface area contributed by atoms with Crippen molar-refractivity contribution in [1.29, 1.82) is 0 Å². The van der Waals surface area contributed by atoms with Gasteiger partial charge in [-0.3, -0.25) is 19.7 Å². The van der Waals surface area contributed by atoms with Gasteiger partial charge in [0.25, 0.3) is 11.6 Å². The van der Waals surface area contributed by atoms with Gasteiger partial charge in [0.1, 0.15) is 5.75 Å². The number of nitro benzene ring substituents is 1. The van der Waals surface area contributed by atoms with Crippen LogP contribution in [0.5, 0.6) is 5.75 Å². The number of nitro groups is 1. The van der Waals surface area contributed by atoms with Gasteiger partial charge in [0.15, 0.2) is 6.61 Å². The van der Waals surface area contributed by atoms with Crippen molar-refractivity contribution in [2.45, 2.75) is 13.0 Å². The quantitative estimate of drug-likeness (QED) is 0.401. The summed E-state index contributed by atoms with van der Waals surface area (Å²) in [6.07, 6.45) is -0.271. The molecule has 0 spiro atoms. The molecule has 0 fully saturated rings. The first kappa shape index (κ1) is 19.9. The van der Waals surface area contributed by atoms with E-state index in [0.717, 1.165) is 11.3 Å². The lowest BCUT2D eigenvalue weighted by Crippen LogP contribution is -2.31. The first-order valence-electron chi connectivity index (χ1n) is 8.15. The fourth-order valence-corrected chi connectivity index (χ4v) is 2.39. The fraction of sp³-hybridized carbons (Fsp3) is 0.263. The number of carbonyl (C=O) groups excluding carboxylic acids is 2. The minimum Gasteiger partial charge on any atom is -0.497 e. The van der Waals surface area contributed by atoms with Crippen LogP contribution >= 0.6 is 0 Å². The molecule has 0 saturated heterocycles. The summed E-state index contributed by atoms with van der Waals surface area (Å²) in [7, 11) is 3.17. The second-order valence-corrected chi connectivity index (χ2v) is 5.82. The smallest absolute Gasteiger partial charge is 0.311 e. The van der Waals surface area contributed by atoms with Gasteiger partial charge in [-0.25, -0.2) is 0 Å². The number of methoxy groups -OCH3 is 1. The Morgan fingerprint density at radius 2 is 1.78 bits per heavy atom.